The van der Waals surface area contributed by atoms with Crippen molar-refractivity contribution in [2.75, 3.05) is 6.54 Å². The molecule has 2 heteroatoms. The zero-order valence-corrected chi connectivity index (χ0v) is 22.5. The minimum atomic E-state index is 0. The Kier molecular flexibility index (Phi) is 19.2. The summed E-state index contributed by atoms with van der Waals surface area (Å²) in [5.74, 6) is 0. The summed E-state index contributed by atoms with van der Waals surface area (Å²) in [4.78, 5) is 0. The molecule has 1 nitrogen and oxygen atoms in total. The first-order valence-electron chi connectivity index (χ1n) is 8.95. The van der Waals surface area contributed by atoms with Crippen LogP contribution in [0.4, 0.5) is 0 Å². The summed E-state index contributed by atoms with van der Waals surface area (Å²) in [5.41, 5.74) is 3.13. The fourth-order valence-electron chi connectivity index (χ4n) is 2.70. The van der Waals surface area contributed by atoms with E-state index in [1.807, 2.05) is 34.1 Å². The maximum Gasteiger partial charge on any atom is 0.0185 e. The minimum Gasteiger partial charge on any atom is -0.335 e. The van der Waals surface area contributed by atoms with E-state index >= 15 is 0 Å². The second-order valence-electron chi connectivity index (χ2n) is 7.90. The fourth-order valence-corrected chi connectivity index (χ4v) is 2.70. The Morgan fingerprint density at radius 3 is 1.75 bits per heavy atom. The first kappa shape index (κ1) is 29.3. The molecule has 1 N–H and O–H groups in total. The van der Waals surface area contributed by atoms with E-state index in [2.05, 4.69) is 71.1 Å². The third-order valence-electron chi connectivity index (χ3n) is 2.96. The SMILES string of the molecule is CC.C[CH-]C.[Ac].[CH2-]c1ccc(CNCC(C)(C)CC(C)(C)C)cc1. The van der Waals surface area contributed by atoms with E-state index in [9.17, 15) is 0 Å². The Morgan fingerprint density at radius 1 is 0.958 bits per heavy atom. The van der Waals surface area contributed by atoms with Gasteiger partial charge in [-0.3, -0.25) is 0 Å². The summed E-state index contributed by atoms with van der Waals surface area (Å²) in [6, 6.07) is 8.42. The molecule has 0 bridgehead atoms. The van der Waals surface area contributed by atoms with E-state index in [1.165, 1.54) is 12.0 Å². The zero-order chi connectivity index (χ0) is 18.5. The van der Waals surface area contributed by atoms with Crippen LogP contribution in [0.3, 0.4) is 0 Å². The maximum absolute atomic E-state index is 3.90. The Balaban J connectivity index is -0.000000660. The van der Waals surface area contributed by atoms with Crippen LogP contribution in [0.5, 0.6) is 0 Å². The van der Waals surface area contributed by atoms with Crippen LogP contribution in [0.25, 0.3) is 0 Å². The molecule has 1 aromatic rings. The summed E-state index contributed by atoms with van der Waals surface area (Å²) in [6.45, 7) is 25.5. The number of hydrogen-bond acceptors (Lipinski definition) is 1. The quantitative estimate of drug-likeness (QED) is 0.407. The Bertz CT molecular complexity index is 374. The Hall–Kier alpha value is 0.492. The number of hydrogen-bond donors (Lipinski definition) is 1. The molecule has 0 aliphatic rings. The molecule has 0 heterocycles. The topological polar surface area (TPSA) is 12.0 Å². The molecule has 1 radical (unpaired) electrons. The van der Waals surface area contributed by atoms with Crippen molar-refractivity contribution < 1.29 is 44.1 Å². The third-order valence-corrected chi connectivity index (χ3v) is 2.96. The van der Waals surface area contributed by atoms with Crippen molar-refractivity contribution in [3.8, 4) is 0 Å². The van der Waals surface area contributed by atoms with E-state index in [-0.39, 0.29) is 44.1 Å². The van der Waals surface area contributed by atoms with Gasteiger partial charge in [-0.2, -0.15) is 38.5 Å². The van der Waals surface area contributed by atoms with Crippen LogP contribution < -0.4 is 5.32 Å². The molecule has 0 spiro atoms. The molecule has 24 heavy (non-hydrogen) atoms. The molecule has 0 aliphatic heterocycles. The average Bonchev–Trinajstić information content (AvgIpc) is 2.41. The van der Waals surface area contributed by atoms with Gasteiger partial charge in [-0.25, -0.2) is 0 Å². The van der Waals surface area contributed by atoms with Crippen molar-refractivity contribution in [3.63, 3.8) is 0 Å². The summed E-state index contributed by atoms with van der Waals surface area (Å²) in [7, 11) is 0. The van der Waals surface area contributed by atoms with Gasteiger partial charge in [0.2, 0.25) is 0 Å². The van der Waals surface area contributed by atoms with Gasteiger partial charge in [0.25, 0.3) is 0 Å². The monoisotopic (exact) mass is 546 g/mol. The van der Waals surface area contributed by atoms with Crippen molar-refractivity contribution in [2.45, 2.75) is 75.3 Å². The van der Waals surface area contributed by atoms with Crippen molar-refractivity contribution in [2.24, 2.45) is 10.8 Å². The molecule has 1 rings (SSSR count). The van der Waals surface area contributed by atoms with Crippen LogP contribution in [-0.2, 0) is 6.54 Å². The molecule has 0 aliphatic carbocycles. The van der Waals surface area contributed by atoms with Gasteiger partial charge in [0.05, 0.1) is 0 Å². The van der Waals surface area contributed by atoms with Gasteiger partial charge in [-0.1, -0.05) is 54.0 Å². The first-order chi connectivity index (χ1) is 10.6. The summed E-state index contributed by atoms with van der Waals surface area (Å²) >= 11 is 0. The first-order valence-corrected chi connectivity index (χ1v) is 8.95. The van der Waals surface area contributed by atoms with Crippen molar-refractivity contribution >= 4 is 0 Å². The molecular formula is C22H41AcN-2. The van der Waals surface area contributed by atoms with Gasteiger partial charge in [0.1, 0.15) is 0 Å². The molecule has 0 amide bonds. The van der Waals surface area contributed by atoms with Crippen molar-refractivity contribution in [1.29, 1.82) is 0 Å². The normalized spacial score (nSPS) is 10.5. The summed E-state index contributed by atoms with van der Waals surface area (Å²) in [5, 5.41) is 3.56. The van der Waals surface area contributed by atoms with Crippen molar-refractivity contribution in [3.05, 3.63) is 48.7 Å². The molecular weight excluding hydrogens is 505 g/mol. The Labute approximate surface area is 189 Å². The summed E-state index contributed by atoms with van der Waals surface area (Å²) < 4.78 is 0. The minimum absolute atomic E-state index is 0. The molecule has 0 atom stereocenters. The van der Waals surface area contributed by atoms with Gasteiger partial charge < -0.3 is 11.7 Å². The van der Waals surface area contributed by atoms with Crippen LogP contribution in [-0.4, -0.2) is 6.54 Å². The van der Waals surface area contributed by atoms with Gasteiger partial charge in [-0.15, -0.1) is 12.1 Å². The van der Waals surface area contributed by atoms with Gasteiger partial charge >= 0.3 is 0 Å². The summed E-state index contributed by atoms with van der Waals surface area (Å²) in [6.07, 6.45) is 3.23. The van der Waals surface area contributed by atoms with Crippen LogP contribution in [0.15, 0.2) is 24.3 Å². The molecule has 0 fully saturated rings. The van der Waals surface area contributed by atoms with E-state index in [1.54, 1.807) is 0 Å². The van der Waals surface area contributed by atoms with Crippen LogP contribution in [0.2, 0.25) is 0 Å². The van der Waals surface area contributed by atoms with Crippen molar-refractivity contribution in [1.82, 2.24) is 5.32 Å². The predicted molar refractivity (Wildman–Crippen MR) is 107 cm³/mol. The van der Waals surface area contributed by atoms with Crippen LogP contribution in [0, 0.1) is 68.2 Å². The second kappa shape index (κ2) is 15.7. The fraction of sp³-hybridized carbons (Fsp3) is 0.636. The average molecular weight is 547 g/mol. The van der Waals surface area contributed by atoms with Crippen LogP contribution in [0.1, 0.15) is 79.9 Å². The van der Waals surface area contributed by atoms with E-state index in [0.29, 0.717) is 10.8 Å². The van der Waals surface area contributed by atoms with Gasteiger partial charge in [-0.05, 0) is 17.3 Å². The van der Waals surface area contributed by atoms with Gasteiger partial charge in [0.15, 0.2) is 0 Å². The number of benzene rings is 1. The number of nitrogens with one attached hydrogen (secondary N) is 1. The largest absolute Gasteiger partial charge is 0.335 e. The molecule has 0 aromatic heterocycles. The molecule has 0 saturated carbocycles. The predicted octanol–water partition coefficient (Wildman–Crippen LogP) is 6.68. The molecule has 1 aromatic carbocycles. The zero-order valence-electron chi connectivity index (χ0n) is 17.8. The second-order valence-corrected chi connectivity index (χ2v) is 7.90. The molecule has 0 saturated heterocycles. The van der Waals surface area contributed by atoms with E-state index in [0.717, 1.165) is 18.7 Å². The smallest absolute Gasteiger partial charge is 0.0185 e. The number of rotatable bonds is 5. The molecule has 139 valence electrons. The van der Waals surface area contributed by atoms with Gasteiger partial charge in [0, 0.05) is 57.2 Å². The molecule has 0 unspecified atom stereocenters. The Morgan fingerprint density at radius 2 is 1.38 bits per heavy atom. The van der Waals surface area contributed by atoms with E-state index < -0.39 is 0 Å². The van der Waals surface area contributed by atoms with E-state index in [4.69, 9.17) is 0 Å². The standard InChI is InChI=1S/C17H28N.C3H7.C2H6.Ac/c1-14-7-9-15(10-8-14)11-18-13-17(5,6)12-16(2,3)4;1-3-2;1-2;/h7-10,18H,1,11-13H2,2-6H3;3H,1-2H3;1-2H3;/q2*-1;;. The third kappa shape index (κ3) is 18.8. The maximum atomic E-state index is 3.90. The van der Waals surface area contributed by atoms with Crippen LogP contribution >= 0.6 is 0 Å².